The molecule has 1 aliphatic rings. The molecular formula is C25H33N5O6. The van der Waals surface area contributed by atoms with Gasteiger partial charge in [-0.05, 0) is 63.8 Å². The van der Waals surface area contributed by atoms with Crippen LogP contribution in [0, 0.1) is 13.8 Å². The van der Waals surface area contributed by atoms with Crippen LogP contribution in [0.25, 0.3) is 0 Å². The predicted octanol–water partition coefficient (Wildman–Crippen LogP) is 0.480. The highest BCUT2D eigenvalue weighted by atomic mass is 16.3. The van der Waals surface area contributed by atoms with Crippen molar-refractivity contribution in [3.8, 4) is 0 Å². The number of benzene rings is 1. The molecule has 2 bridgehead atoms. The first-order valence-electron chi connectivity index (χ1n) is 11.9. The number of aryl methyl sites for hydroxylation is 3. The number of nitrogens with zero attached hydrogens (tertiary/aromatic N) is 2. The molecule has 2 heterocycles. The lowest BCUT2D eigenvalue weighted by Gasteiger charge is -2.27. The van der Waals surface area contributed by atoms with Gasteiger partial charge in [0, 0.05) is 24.7 Å². The topological polar surface area (TPSA) is 154 Å². The molecule has 4 amide bonds. The zero-order valence-corrected chi connectivity index (χ0v) is 21.0. The zero-order valence-electron chi connectivity index (χ0n) is 21.0. The SMILES string of the molecule is Cc1ccc2cc1CCCNC(=O)CN(C(=O)c1ocnc1C)C[C@@H](C)NC(=O)[C@H]([C@@H](C)O)NC2=O. The Hall–Kier alpha value is -3.73. The first-order valence-corrected chi connectivity index (χ1v) is 11.9. The summed E-state index contributed by atoms with van der Waals surface area (Å²) in [5, 5.41) is 18.4. The van der Waals surface area contributed by atoms with Gasteiger partial charge in [-0.25, -0.2) is 4.98 Å². The summed E-state index contributed by atoms with van der Waals surface area (Å²) in [4.78, 5) is 56.8. The number of aliphatic hydroxyl groups is 1. The Bertz CT molecular complexity index is 1130. The lowest BCUT2D eigenvalue weighted by molar-refractivity contribution is -0.126. The number of aromatic nitrogens is 1. The molecule has 11 nitrogen and oxygen atoms in total. The predicted molar refractivity (Wildman–Crippen MR) is 130 cm³/mol. The van der Waals surface area contributed by atoms with Crippen molar-refractivity contribution in [1.82, 2.24) is 25.8 Å². The number of carbonyl (C=O) groups is 4. The first-order chi connectivity index (χ1) is 17.1. The summed E-state index contributed by atoms with van der Waals surface area (Å²) in [7, 11) is 0. The smallest absolute Gasteiger partial charge is 0.292 e. The monoisotopic (exact) mass is 499 g/mol. The van der Waals surface area contributed by atoms with Gasteiger partial charge in [0.2, 0.25) is 17.6 Å². The molecule has 0 aliphatic carbocycles. The van der Waals surface area contributed by atoms with E-state index < -0.39 is 35.9 Å². The Morgan fingerprint density at radius 2 is 1.97 bits per heavy atom. The van der Waals surface area contributed by atoms with Crippen molar-refractivity contribution < 1.29 is 28.7 Å². The van der Waals surface area contributed by atoms with Crippen molar-refractivity contribution >= 4 is 23.6 Å². The molecule has 1 aromatic carbocycles. The highest BCUT2D eigenvalue weighted by Crippen LogP contribution is 2.15. The van der Waals surface area contributed by atoms with Crippen LogP contribution >= 0.6 is 0 Å². The van der Waals surface area contributed by atoms with E-state index in [1.807, 2.05) is 13.0 Å². The van der Waals surface area contributed by atoms with E-state index in [2.05, 4.69) is 20.9 Å². The van der Waals surface area contributed by atoms with Gasteiger partial charge in [-0.2, -0.15) is 0 Å². The second-order valence-electron chi connectivity index (χ2n) is 9.15. The summed E-state index contributed by atoms with van der Waals surface area (Å²) >= 11 is 0. The van der Waals surface area contributed by atoms with Crippen LogP contribution in [0.3, 0.4) is 0 Å². The fourth-order valence-electron chi connectivity index (χ4n) is 4.03. The summed E-state index contributed by atoms with van der Waals surface area (Å²) in [6.45, 7) is 6.74. The second kappa shape index (κ2) is 11.8. The van der Waals surface area contributed by atoms with E-state index in [0.717, 1.165) is 17.5 Å². The van der Waals surface area contributed by atoms with Crippen molar-refractivity contribution in [2.45, 2.75) is 58.7 Å². The standard InChI is InChI=1S/C25H33N5O6/c1-14-7-8-19-10-18(14)6-5-9-26-20(32)12-30(25(35)22-16(3)27-13-36-22)11-15(2)28-24(34)21(17(4)31)29-23(19)33/h7-8,10,13,15,17,21,31H,5-6,9,11-12H2,1-4H3,(H,26,32)(H,28,34)(H,29,33)/t15-,17-,21+/m1/s1. The van der Waals surface area contributed by atoms with Gasteiger partial charge in [0.25, 0.3) is 11.8 Å². The Morgan fingerprint density at radius 3 is 2.64 bits per heavy atom. The van der Waals surface area contributed by atoms with Crippen molar-refractivity contribution in [2.75, 3.05) is 19.6 Å². The van der Waals surface area contributed by atoms with Crippen LogP contribution in [0.2, 0.25) is 0 Å². The Kier molecular flexibility index (Phi) is 8.81. The molecule has 0 radical (unpaired) electrons. The number of rotatable bonds is 2. The summed E-state index contributed by atoms with van der Waals surface area (Å²) in [5.74, 6) is -1.98. The summed E-state index contributed by atoms with van der Waals surface area (Å²) in [5.41, 5.74) is 2.68. The van der Waals surface area contributed by atoms with Crippen molar-refractivity contribution in [2.24, 2.45) is 0 Å². The molecule has 36 heavy (non-hydrogen) atoms. The Morgan fingerprint density at radius 1 is 1.22 bits per heavy atom. The van der Waals surface area contributed by atoms with Gasteiger partial charge in [-0.15, -0.1) is 0 Å². The molecule has 0 unspecified atom stereocenters. The fraction of sp³-hybridized carbons (Fsp3) is 0.480. The largest absolute Gasteiger partial charge is 0.438 e. The molecule has 3 atom stereocenters. The average molecular weight is 500 g/mol. The molecule has 0 fully saturated rings. The number of fused-ring (bicyclic) bond motifs is 2. The number of carbonyl (C=O) groups excluding carboxylic acids is 4. The van der Waals surface area contributed by atoms with E-state index >= 15 is 0 Å². The van der Waals surface area contributed by atoms with E-state index in [9.17, 15) is 24.3 Å². The maximum atomic E-state index is 13.1. The molecule has 1 aromatic heterocycles. The van der Waals surface area contributed by atoms with Gasteiger partial charge < -0.3 is 30.4 Å². The molecule has 0 saturated heterocycles. The van der Waals surface area contributed by atoms with Gasteiger partial charge in [-0.1, -0.05) is 6.07 Å². The number of aliphatic hydroxyl groups excluding tert-OH is 1. The summed E-state index contributed by atoms with van der Waals surface area (Å²) in [6, 6.07) is 3.41. The van der Waals surface area contributed by atoms with Gasteiger partial charge in [0.1, 0.15) is 12.6 Å². The molecule has 3 rings (SSSR count). The number of hydrogen-bond acceptors (Lipinski definition) is 7. The third-order valence-electron chi connectivity index (χ3n) is 6.05. The van der Waals surface area contributed by atoms with Crippen molar-refractivity contribution in [3.63, 3.8) is 0 Å². The Labute approximate surface area is 209 Å². The highest BCUT2D eigenvalue weighted by molar-refractivity contribution is 5.98. The van der Waals surface area contributed by atoms with Crippen LogP contribution in [-0.4, -0.2) is 76.4 Å². The normalized spacial score (nSPS) is 21.1. The van der Waals surface area contributed by atoms with Gasteiger partial charge in [0.05, 0.1) is 11.8 Å². The van der Waals surface area contributed by atoms with Crippen LogP contribution in [0.1, 0.15) is 58.0 Å². The molecule has 2 aromatic rings. The minimum absolute atomic E-state index is 0.0103. The van der Waals surface area contributed by atoms with E-state index in [1.54, 1.807) is 26.0 Å². The lowest BCUT2D eigenvalue weighted by atomic mass is 10.00. The van der Waals surface area contributed by atoms with Crippen molar-refractivity contribution in [1.29, 1.82) is 0 Å². The number of oxazole rings is 1. The first kappa shape index (κ1) is 26.9. The molecule has 1 aliphatic heterocycles. The van der Waals surface area contributed by atoms with Gasteiger partial charge in [-0.3, -0.25) is 19.2 Å². The third kappa shape index (κ3) is 6.69. The number of amides is 4. The molecule has 11 heteroatoms. The van der Waals surface area contributed by atoms with E-state index in [0.29, 0.717) is 30.6 Å². The lowest BCUT2D eigenvalue weighted by Crippen LogP contribution is -2.56. The molecule has 4 N–H and O–H groups in total. The fourth-order valence-corrected chi connectivity index (χ4v) is 4.03. The van der Waals surface area contributed by atoms with Gasteiger partial charge >= 0.3 is 0 Å². The van der Waals surface area contributed by atoms with Crippen LogP contribution in [0.5, 0.6) is 0 Å². The molecule has 0 spiro atoms. The summed E-state index contributed by atoms with van der Waals surface area (Å²) in [6.07, 6.45) is 1.22. The molecule has 194 valence electrons. The summed E-state index contributed by atoms with van der Waals surface area (Å²) < 4.78 is 5.22. The average Bonchev–Trinajstić information content (AvgIpc) is 3.25. The minimum atomic E-state index is -1.22. The van der Waals surface area contributed by atoms with Crippen LogP contribution < -0.4 is 16.0 Å². The maximum absolute atomic E-state index is 13.1. The molecular weight excluding hydrogens is 466 g/mol. The maximum Gasteiger partial charge on any atom is 0.292 e. The Balaban J connectivity index is 1.88. The van der Waals surface area contributed by atoms with Gasteiger partial charge in [0.15, 0.2) is 6.39 Å². The number of nitrogens with one attached hydrogen (secondary N) is 3. The third-order valence-corrected chi connectivity index (χ3v) is 6.05. The van der Waals surface area contributed by atoms with E-state index in [4.69, 9.17) is 4.42 Å². The van der Waals surface area contributed by atoms with Crippen LogP contribution in [0.4, 0.5) is 0 Å². The van der Waals surface area contributed by atoms with Crippen LogP contribution in [-0.2, 0) is 16.0 Å². The number of hydrogen-bond donors (Lipinski definition) is 4. The van der Waals surface area contributed by atoms with E-state index in [1.165, 1.54) is 11.8 Å². The van der Waals surface area contributed by atoms with Crippen LogP contribution in [0.15, 0.2) is 29.0 Å². The van der Waals surface area contributed by atoms with Crippen molar-refractivity contribution in [3.05, 3.63) is 52.7 Å². The second-order valence-corrected chi connectivity index (χ2v) is 9.15. The molecule has 0 saturated carbocycles. The zero-order chi connectivity index (χ0) is 26.4. The highest BCUT2D eigenvalue weighted by Gasteiger charge is 2.30. The van der Waals surface area contributed by atoms with E-state index in [-0.39, 0.29) is 24.8 Å². The minimum Gasteiger partial charge on any atom is -0.438 e. The quantitative estimate of drug-likeness (QED) is 0.469.